The van der Waals surface area contributed by atoms with Crippen molar-refractivity contribution in [1.82, 2.24) is 5.32 Å². The van der Waals surface area contributed by atoms with Gasteiger partial charge in [0.1, 0.15) is 0 Å². The Morgan fingerprint density at radius 2 is 2.38 bits per heavy atom. The van der Waals surface area contributed by atoms with Crippen LogP contribution in [0.15, 0.2) is 24.3 Å². The molecule has 0 spiro atoms. The lowest BCUT2D eigenvalue weighted by atomic mass is 9.92. The molecule has 0 bridgehead atoms. The summed E-state index contributed by atoms with van der Waals surface area (Å²) in [7, 11) is 0. The molecule has 0 aromatic carbocycles. The monoisotopic (exact) mass is 221 g/mol. The summed E-state index contributed by atoms with van der Waals surface area (Å²) in [6.45, 7) is 7.08. The van der Waals surface area contributed by atoms with E-state index in [2.05, 4.69) is 24.9 Å². The van der Waals surface area contributed by atoms with Gasteiger partial charge in [-0.2, -0.15) is 0 Å². The summed E-state index contributed by atoms with van der Waals surface area (Å²) in [4.78, 5) is 0. The zero-order valence-electron chi connectivity index (χ0n) is 10.8. The minimum Gasteiger partial charge on any atom is -0.314 e. The summed E-state index contributed by atoms with van der Waals surface area (Å²) < 4.78 is 0. The molecule has 1 atom stereocenters. The maximum Gasteiger partial charge on any atom is 0.0104 e. The van der Waals surface area contributed by atoms with Crippen LogP contribution in [0, 0.1) is 0 Å². The van der Waals surface area contributed by atoms with Crippen molar-refractivity contribution in [1.29, 1.82) is 0 Å². The zero-order chi connectivity index (χ0) is 11.6. The molecule has 1 heteroatoms. The van der Waals surface area contributed by atoms with Crippen LogP contribution in [0.25, 0.3) is 0 Å². The highest BCUT2D eigenvalue weighted by Crippen LogP contribution is 2.22. The van der Waals surface area contributed by atoms with E-state index in [0.717, 1.165) is 13.0 Å². The van der Waals surface area contributed by atoms with Crippen molar-refractivity contribution in [2.75, 3.05) is 6.54 Å². The Kier molecular flexibility index (Phi) is 7.24. The third kappa shape index (κ3) is 5.50. The van der Waals surface area contributed by atoms with E-state index in [-0.39, 0.29) is 0 Å². The molecule has 0 aromatic rings. The van der Waals surface area contributed by atoms with Gasteiger partial charge in [-0.3, -0.25) is 0 Å². The molecule has 1 aliphatic rings. The average molecular weight is 221 g/mol. The van der Waals surface area contributed by atoms with Gasteiger partial charge in [-0.1, -0.05) is 24.6 Å². The summed E-state index contributed by atoms with van der Waals surface area (Å²) in [5.41, 5.74) is 1.69. The summed E-state index contributed by atoms with van der Waals surface area (Å²) in [5, 5.41) is 3.61. The summed E-state index contributed by atoms with van der Waals surface area (Å²) in [5.74, 6) is 0. The first kappa shape index (κ1) is 13.5. The molecular formula is C15H27N. The Balaban J connectivity index is 2.30. The number of rotatable bonds is 8. The van der Waals surface area contributed by atoms with E-state index < -0.39 is 0 Å². The topological polar surface area (TPSA) is 12.0 Å². The van der Waals surface area contributed by atoms with Crippen molar-refractivity contribution in [2.24, 2.45) is 0 Å². The SMILES string of the molecule is C=CCCCC(CC1=CCCCC1)NCC. The van der Waals surface area contributed by atoms with Gasteiger partial charge >= 0.3 is 0 Å². The van der Waals surface area contributed by atoms with Crippen molar-refractivity contribution in [3.8, 4) is 0 Å². The van der Waals surface area contributed by atoms with Crippen molar-refractivity contribution >= 4 is 0 Å². The lowest BCUT2D eigenvalue weighted by Gasteiger charge is -2.21. The Hall–Kier alpha value is -0.560. The normalized spacial score (nSPS) is 17.9. The highest BCUT2D eigenvalue weighted by molar-refractivity contribution is 5.07. The molecule has 0 saturated carbocycles. The molecule has 0 fully saturated rings. The number of allylic oxidation sites excluding steroid dienone is 2. The minimum absolute atomic E-state index is 0.689. The highest BCUT2D eigenvalue weighted by atomic mass is 14.9. The first-order valence-corrected chi connectivity index (χ1v) is 6.89. The fraction of sp³-hybridized carbons (Fsp3) is 0.733. The molecule has 0 radical (unpaired) electrons. The Labute approximate surface area is 101 Å². The summed E-state index contributed by atoms with van der Waals surface area (Å²) in [6.07, 6.45) is 14.9. The molecule has 0 heterocycles. The molecule has 1 N–H and O–H groups in total. The molecule has 92 valence electrons. The standard InChI is InChI=1S/C15H27N/c1-3-5-7-12-15(16-4-2)13-14-10-8-6-9-11-14/h3,10,15-16H,1,4-9,11-13H2,2H3. The van der Waals surface area contributed by atoms with E-state index in [4.69, 9.17) is 0 Å². The molecule has 16 heavy (non-hydrogen) atoms. The van der Waals surface area contributed by atoms with E-state index in [0.29, 0.717) is 6.04 Å². The van der Waals surface area contributed by atoms with Gasteiger partial charge in [0.15, 0.2) is 0 Å². The summed E-state index contributed by atoms with van der Waals surface area (Å²) in [6, 6.07) is 0.689. The third-order valence-electron chi connectivity index (χ3n) is 3.35. The number of nitrogens with one attached hydrogen (secondary N) is 1. The summed E-state index contributed by atoms with van der Waals surface area (Å²) >= 11 is 0. The van der Waals surface area contributed by atoms with E-state index in [1.165, 1.54) is 44.9 Å². The van der Waals surface area contributed by atoms with Crippen LogP contribution >= 0.6 is 0 Å². The molecule has 1 aliphatic carbocycles. The molecule has 0 aromatic heterocycles. The van der Waals surface area contributed by atoms with Gasteiger partial charge in [0.2, 0.25) is 0 Å². The first-order chi connectivity index (χ1) is 7.86. The minimum atomic E-state index is 0.689. The van der Waals surface area contributed by atoms with Gasteiger partial charge in [0.05, 0.1) is 0 Å². The first-order valence-electron chi connectivity index (χ1n) is 6.89. The van der Waals surface area contributed by atoms with E-state index >= 15 is 0 Å². The van der Waals surface area contributed by atoms with Crippen LogP contribution in [0.2, 0.25) is 0 Å². The van der Waals surface area contributed by atoms with E-state index in [9.17, 15) is 0 Å². The molecular weight excluding hydrogens is 194 g/mol. The lowest BCUT2D eigenvalue weighted by molar-refractivity contribution is 0.466. The van der Waals surface area contributed by atoms with Gasteiger partial charge in [0.25, 0.3) is 0 Å². The third-order valence-corrected chi connectivity index (χ3v) is 3.35. The molecule has 0 saturated heterocycles. The average Bonchev–Trinajstić information content (AvgIpc) is 2.31. The van der Waals surface area contributed by atoms with Crippen LogP contribution in [0.1, 0.15) is 58.3 Å². The van der Waals surface area contributed by atoms with Gasteiger partial charge in [0, 0.05) is 6.04 Å². The largest absolute Gasteiger partial charge is 0.314 e. The van der Waals surface area contributed by atoms with Crippen LogP contribution in [0.4, 0.5) is 0 Å². The van der Waals surface area contributed by atoms with Crippen molar-refractivity contribution in [2.45, 2.75) is 64.3 Å². The Morgan fingerprint density at radius 3 is 3.00 bits per heavy atom. The quantitative estimate of drug-likeness (QED) is 0.478. The van der Waals surface area contributed by atoms with Crippen molar-refractivity contribution < 1.29 is 0 Å². The van der Waals surface area contributed by atoms with Gasteiger partial charge < -0.3 is 5.32 Å². The highest BCUT2D eigenvalue weighted by Gasteiger charge is 2.11. The second-order valence-corrected chi connectivity index (χ2v) is 4.79. The van der Waals surface area contributed by atoms with Crippen LogP contribution in [0.5, 0.6) is 0 Å². The molecule has 0 aliphatic heterocycles. The van der Waals surface area contributed by atoms with Crippen molar-refractivity contribution in [3.05, 3.63) is 24.3 Å². The number of unbranched alkanes of at least 4 members (excludes halogenated alkanes) is 1. The fourth-order valence-corrected chi connectivity index (χ4v) is 2.48. The van der Waals surface area contributed by atoms with Crippen LogP contribution in [-0.4, -0.2) is 12.6 Å². The number of hydrogen-bond donors (Lipinski definition) is 1. The number of hydrogen-bond acceptors (Lipinski definition) is 1. The second kappa shape index (κ2) is 8.58. The fourth-order valence-electron chi connectivity index (χ4n) is 2.48. The predicted molar refractivity (Wildman–Crippen MR) is 72.7 cm³/mol. The van der Waals surface area contributed by atoms with Gasteiger partial charge in [-0.05, 0) is 57.9 Å². The zero-order valence-corrected chi connectivity index (χ0v) is 10.8. The van der Waals surface area contributed by atoms with Gasteiger partial charge in [-0.15, -0.1) is 6.58 Å². The second-order valence-electron chi connectivity index (χ2n) is 4.79. The Morgan fingerprint density at radius 1 is 1.50 bits per heavy atom. The van der Waals surface area contributed by atoms with E-state index in [1.807, 2.05) is 6.08 Å². The Bertz CT molecular complexity index is 217. The van der Waals surface area contributed by atoms with Crippen molar-refractivity contribution in [3.63, 3.8) is 0 Å². The molecule has 1 unspecified atom stereocenters. The smallest absolute Gasteiger partial charge is 0.0104 e. The maximum absolute atomic E-state index is 3.79. The molecule has 1 nitrogen and oxygen atoms in total. The predicted octanol–water partition coefficient (Wildman–Crippen LogP) is 4.21. The molecule has 1 rings (SSSR count). The molecule has 0 amide bonds. The van der Waals surface area contributed by atoms with Crippen LogP contribution in [-0.2, 0) is 0 Å². The lowest BCUT2D eigenvalue weighted by Crippen LogP contribution is -2.29. The maximum atomic E-state index is 3.79. The van der Waals surface area contributed by atoms with Crippen LogP contribution < -0.4 is 5.32 Å². The van der Waals surface area contributed by atoms with E-state index in [1.54, 1.807) is 5.57 Å². The van der Waals surface area contributed by atoms with Gasteiger partial charge in [-0.25, -0.2) is 0 Å². The van der Waals surface area contributed by atoms with Crippen LogP contribution in [0.3, 0.4) is 0 Å².